The summed E-state index contributed by atoms with van der Waals surface area (Å²) in [6, 6.07) is 1.83. The van der Waals surface area contributed by atoms with Crippen LogP contribution in [-0.4, -0.2) is 20.7 Å². The van der Waals surface area contributed by atoms with Gasteiger partial charge in [-0.3, -0.25) is 14.5 Å². The average molecular weight is 245 g/mol. The maximum absolute atomic E-state index is 12.1. The van der Waals surface area contributed by atoms with Gasteiger partial charge in [0.15, 0.2) is 0 Å². The molecule has 0 saturated carbocycles. The number of amides is 1. The number of anilines is 2. The third kappa shape index (κ3) is 2.17. The van der Waals surface area contributed by atoms with E-state index in [0.29, 0.717) is 23.6 Å². The van der Waals surface area contributed by atoms with E-state index in [1.54, 1.807) is 17.1 Å². The van der Waals surface area contributed by atoms with E-state index in [0.717, 1.165) is 5.56 Å². The highest BCUT2D eigenvalue weighted by atomic mass is 16.2. The number of nitrogens with one attached hydrogen (secondary N) is 1. The van der Waals surface area contributed by atoms with Gasteiger partial charge in [-0.05, 0) is 25.5 Å². The third-order valence-corrected chi connectivity index (χ3v) is 2.67. The summed E-state index contributed by atoms with van der Waals surface area (Å²) < 4.78 is 1.57. The molecular weight excluding hydrogens is 230 g/mol. The van der Waals surface area contributed by atoms with Gasteiger partial charge in [0.25, 0.3) is 5.91 Å². The van der Waals surface area contributed by atoms with Crippen molar-refractivity contribution >= 4 is 17.3 Å². The van der Waals surface area contributed by atoms with E-state index in [4.69, 9.17) is 5.73 Å². The van der Waals surface area contributed by atoms with Gasteiger partial charge in [0.05, 0.1) is 23.8 Å². The minimum absolute atomic E-state index is 0.275. The topological polar surface area (TPSA) is 85.8 Å². The van der Waals surface area contributed by atoms with Crippen LogP contribution in [0.15, 0.2) is 24.7 Å². The van der Waals surface area contributed by atoms with Crippen LogP contribution < -0.4 is 11.1 Å². The molecule has 0 radical (unpaired) electrons. The molecule has 0 unspecified atom stereocenters. The van der Waals surface area contributed by atoms with Crippen LogP contribution in [0, 0.1) is 6.92 Å². The predicted octanol–water partition coefficient (Wildman–Crippen LogP) is 1.44. The second kappa shape index (κ2) is 4.87. The van der Waals surface area contributed by atoms with Crippen LogP contribution in [0.4, 0.5) is 11.4 Å². The Morgan fingerprint density at radius 2 is 2.28 bits per heavy atom. The summed E-state index contributed by atoms with van der Waals surface area (Å²) in [6.07, 6.45) is 4.76. The zero-order chi connectivity index (χ0) is 13.1. The first-order valence-electron chi connectivity index (χ1n) is 5.66. The molecule has 2 rings (SSSR count). The standard InChI is InChI=1S/C12H15N5O/c1-3-17-11(9(13)6-15-17)12(18)16-10-7-14-5-4-8(10)2/h4-7H,3,13H2,1-2H3,(H,16,18). The molecule has 0 saturated heterocycles. The molecule has 0 atom stereocenters. The summed E-state index contributed by atoms with van der Waals surface area (Å²) >= 11 is 0. The number of hydrogen-bond donors (Lipinski definition) is 2. The molecule has 3 N–H and O–H groups in total. The van der Waals surface area contributed by atoms with Crippen molar-refractivity contribution in [2.75, 3.05) is 11.1 Å². The van der Waals surface area contributed by atoms with Crippen molar-refractivity contribution in [1.82, 2.24) is 14.8 Å². The molecular formula is C12H15N5O. The predicted molar refractivity (Wildman–Crippen MR) is 69.2 cm³/mol. The fourth-order valence-corrected chi connectivity index (χ4v) is 1.66. The van der Waals surface area contributed by atoms with E-state index in [9.17, 15) is 4.79 Å². The van der Waals surface area contributed by atoms with Crippen molar-refractivity contribution in [3.8, 4) is 0 Å². The molecule has 0 aliphatic heterocycles. The summed E-state index contributed by atoms with van der Waals surface area (Å²) in [7, 11) is 0. The van der Waals surface area contributed by atoms with Gasteiger partial charge >= 0.3 is 0 Å². The van der Waals surface area contributed by atoms with E-state index in [1.807, 2.05) is 19.9 Å². The van der Waals surface area contributed by atoms with Crippen molar-refractivity contribution in [2.45, 2.75) is 20.4 Å². The Kier molecular flexibility index (Phi) is 3.27. The molecule has 6 nitrogen and oxygen atoms in total. The van der Waals surface area contributed by atoms with Crippen molar-refractivity contribution in [3.05, 3.63) is 35.9 Å². The number of aryl methyl sites for hydroxylation is 2. The maximum Gasteiger partial charge on any atom is 0.276 e. The monoisotopic (exact) mass is 245 g/mol. The number of carbonyl (C=O) groups excluding carboxylic acids is 1. The van der Waals surface area contributed by atoms with Gasteiger partial charge in [0.1, 0.15) is 5.69 Å². The van der Waals surface area contributed by atoms with Crippen LogP contribution in [0.5, 0.6) is 0 Å². The first kappa shape index (κ1) is 12.1. The SMILES string of the molecule is CCn1ncc(N)c1C(=O)Nc1cnccc1C. The second-order valence-corrected chi connectivity index (χ2v) is 3.91. The molecule has 0 aliphatic rings. The molecule has 2 heterocycles. The highest BCUT2D eigenvalue weighted by molar-refractivity contribution is 6.06. The zero-order valence-corrected chi connectivity index (χ0v) is 10.3. The number of nitrogen functional groups attached to an aromatic ring is 1. The van der Waals surface area contributed by atoms with Gasteiger partial charge < -0.3 is 11.1 Å². The number of rotatable bonds is 3. The van der Waals surface area contributed by atoms with Gasteiger partial charge in [0, 0.05) is 12.7 Å². The van der Waals surface area contributed by atoms with Gasteiger partial charge in [-0.25, -0.2) is 0 Å². The maximum atomic E-state index is 12.1. The lowest BCUT2D eigenvalue weighted by Gasteiger charge is -2.09. The van der Waals surface area contributed by atoms with Crippen LogP contribution in [0.1, 0.15) is 23.0 Å². The van der Waals surface area contributed by atoms with Crippen LogP contribution >= 0.6 is 0 Å². The Bertz CT molecular complexity index is 576. The lowest BCUT2D eigenvalue weighted by atomic mass is 10.2. The third-order valence-electron chi connectivity index (χ3n) is 2.67. The minimum atomic E-state index is -0.275. The van der Waals surface area contributed by atoms with Gasteiger partial charge in [-0.1, -0.05) is 0 Å². The molecule has 0 aromatic carbocycles. The summed E-state index contributed by atoms with van der Waals surface area (Å²) in [5, 5.41) is 6.82. The molecule has 1 amide bonds. The Labute approximate surface area is 105 Å². The van der Waals surface area contributed by atoms with E-state index >= 15 is 0 Å². The van der Waals surface area contributed by atoms with Crippen molar-refractivity contribution in [3.63, 3.8) is 0 Å². The van der Waals surface area contributed by atoms with Crippen molar-refractivity contribution in [1.29, 1.82) is 0 Å². The Balaban J connectivity index is 2.28. The Morgan fingerprint density at radius 3 is 2.94 bits per heavy atom. The van der Waals surface area contributed by atoms with Gasteiger partial charge in [-0.2, -0.15) is 5.10 Å². The minimum Gasteiger partial charge on any atom is -0.396 e. The molecule has 6 heteroatoms. The molecule has 0 fully saturated rings. The Morgan fingerprint density at radius 1 is 1.50 bits per heavy atom. The average Bonchev–Trinajstić information content (AvgIpc) is 2.73. The largest absolute Gasteiger partial charge is 0.396 e. The normalized spacial score (nSPS) is 10.3. The number of nitrogens with zero attached hydrogens (tertiary/aromatic N) is 3. The molecule has 0 aliphatic carbocycles. The van der Waals surface area contributed by atoms with Crippen LogP contribution in [-0.2, 0) is 6.54 Å². The lowest BCUT2D eigenvalue weighted by molar-refractivity contribution is 0.101. The smallest absolute Gasteiger partial charge is 0.276 e. The number of carbonyl (C=O) groups is 1. The number of pyridine rings is 1. The summed E-state index contributed by atoms with van der Waals surface area (Å²) in [6.45, 7) is 4.39. The lowest BCUT2D eigenvalue weighted by Crippen LogP contribution is -2.19. The van der Waals surface area contributed by atoms with Crippen molar-refractivity contribution in [2.24, 2.45) is 0 Å². The molecule has 0 spiro atoms. The molecule has 2 aromatic rings. The summed E-state index contributed by atoms with van der Waals surface area (Å²) in [4.78, 5) is 16.1. The fourth-order valence-electron chi connectivity index (χ4n) is 1.66. The summed E-state index contributed by atoms with van der Waals surface area (Å²) in [5.41, 5.74) is 8.11. The number of aromatic nitrogens is 3. The van der Waals surface area contributed by atoms with E-state index < -0.39 is 0 Å². The Hall–Kier alpha value is -2.37. The zero-order valence-electron chi connectivity index (χ0n) is 10.3. The highest BCUT2D eigenvalue weighted by Gasteiger charge is 2.16. The first-order chi connectivity index (χ1) is 8.63. The van der Waals surface area contributed by atoms with E-state index in [2.05, 4.69) is 15.4 Å². The van der Waals surface area contributed by atoms with Gasteiger partial charge in [-0.15, -0.1) is 0 Å². The van der Waals surface area contributed by atoms with E-state index in [1.165, 1.54) is 6.20 Å². The quantitative estimate of drug-likeness (QED) is 0.856. The molecule has 2 aromatic heterocycles. The first-order valence-corrected chi connectivity index (χ1v) is 5.66. The second-order valence-electron chi connectivity index (χ2n) is 3.91. The van der Waals surface area contributed by atoms with Crippen LogP contribution in [0.25, 0.3) is 0 Å². The highest BCUT2D eigenvalue weighted by Crippen LogP contribution is 2.16. The number of nitrogens with two attached hydrogens (primary N) is 1. The number of hydrogen-bond acceptors (Lipinski definition) is 4. The van der Waals surface area contributed by atoms with Crippen LogP contribution in [0.3, 0.4) is 0 Å². The molecule has 94 valence electrons. The molecule has 18 heavy (non-hydrogen) atoms. The van der Waals surface area contributed by atoms with Crippen LogP contribution in [0.2, 0.25) is 0 Å². The van der Waals surface area contributed by atoms with Crippen molar-refractivity contribution < 1.29 is 4.79 Å². The molecule has 0 bridgehead atoms. The van der Waals surface area contributed by atoms with Gasteiger partial charge in [0.2, 0.25) is 0 Å². The van der Waals surface area contributed by atoms with E-state index in [-0.39, 0.29) is 5.91 Å². The summed E-state index contributed by atoms with van der Waals surface area (Å²) in [5.74, 6) is -0.275. The fraction of sp³-hybridized carbons (Fsp3) is 0.250.